The van der Waals surface area contributed by atoms with Gasteiger partial charge in [-0.05, 0) is 12.1 Å². The Kier molecular flexibility index (Phi) is 3.12. The number of carbonyl (C=O) groups is 1. The lowest BCUT2D eigenvalue weighted by molar-refractivity contribution is 0.0595. The molecule has 0 aromatic carbocycles. The van der Waals surface area contributed by atoms with Crippen LogP contribution in [-0.2, 0) is 4.74 Å². The largest absolute Gasteiger partial charge is 0.472 e. The summed E-state index contributed by atoms with van der Waals surface area (Å²) in [5.41, 5.74) is 2.09. The number of nitrogens with zero attached hydrogens (tertiary/aromatic N) is 3. The van der Waals surface area contributed by atoms with Crippen molar-refractivity contribution < 1.29 is 13.9 Å². The average Bonchev–Trinajstić information content (AvgIpc) is 3.14. The molecule has 21 heavy (non-hydrogen) atoms. The second kappa shape index (κ2) is 4.96. The highest BCUT2D eigenvalue weighted by atomic mass is 35.5. The standard InChI is InChI=1S/C14H8ClN3O3/c1-20-14(19)11-12(15)18-6-10(8-2-3-21-7-8)4-9(5-16)13(18)17-11/h2-4,6-7H,1H3. The Bertz CT molecular complexity index is 875. The van der Waals surface area contributed by atoms with Crippen molar-refractivity contribution in [3.05, 3.63) is 47.3 Å². The number of imidazole rings is 1. The van der Waals surface area contributed by atoms with Gasteiger partial charge < -0.3 is 9.15 Å². The van der Waals surface area contributed by atoms with Crippen LogP contribution in [0.4, 0.5) is 0 Å². The van der Waals surface area contributed by atoms with E-state index in [-0.39, 0.29) is 10.8 Å². The first-order valence-corrected chi connectivity index (χ1v) is 6.26. The number of hydrogen-bond acceptors (Lipinski definition) is 5. The van der Waals surface area contributed by atoms with E-state index in [1.54, 1.807) is 24.6 Å². The van der Waals surface area contributed by atoms with Crippen LogP contribution in [0.25, 0.3) is 16.8 Å². The van der Waals surface area contributed by atoms with Crippen molar-refractivity contribution >= 4 is 23.2 Å². The van der Waals surface area contributed by atoms with Gasteiger partial charge in [0, 0.05) is 17.3 Å². The lowest BCUT2D eigenvalue weighted by atomic mass is 10.1. The molecule has 3 aromatic heterocycles. The smallest absolute Gasteiger partial charge is 0.359 e. The van der Waals surface area contributed by atoms with E-state index >= 15 is 0 Å². The fourth-order valence-corrected chi connectivity index (χ4v) is 2.26. The summed E-state index contributed by atoms with van der Waals surface area (Å²) in [4.78, 5) is 15.7. The molecular formula is C14H8ClN3O3. The Morgan fingerprint density at radius 2 is 2.33 bits per heavy atom. The van der Waals surface area contributed by atoms with Crippen LogP contribution < -0.4 is 0 Å². The molecule has 0 atom stereocenters. The van der Waals surface area contributed by atoms with Gasteiger partial charge >= 0.3 is 5.97 Å². The number of ether oxygens (including phenoxy) is 1. The molecule has 0 unspecified atom stereocenters. The maximum Gasteiger partial charge on any atom is 0.359 e. The van der Waals surface area contributed by atoms with E-state index in [1.165, 1.54) is 17.8 Å². The van der Waals surface area contributed by atoms with E-state index in [0.717, 1.165) is 11.1 Å². The second-order valence-corrected chi connectivity index (χ2v) is 4.56. The summed E-state index contributed by atoms with van der Waals surface area (Å²) in [7, 11) is 1.24. The maximum atomic E-state index is 11.6. The molecule has 0 aliphatic heterocycles. The maximum absolute atomic E-state index is 11.6. The van der Waals surface area contributed by atoms with Crippen LogP contribution in [-0.4, -0.2) is 22.5 Å². The normalized spacial score (nSPS) is 10.5. The van der Waals surface area contributed by atoms with E-state index in [4.69, 9.17) is 16.0 Å². The van der Waals surface area contributed by atoms with Crippen LogP contribution in [0.2, 0.25) is 5.15 Å². The summed E-state index contributed by atoms with van der Waals surface area (Å²) >= 11 is 6.16. The molecule has 0 saturated heterocycles. The van der Waals surface area contributed by atoms with Crippen LogP contribution >= 0.6 is 11.6 Å². The molecule has 3 rings (SSSR count). The van der Waals surface area contributed by atoms with E-state index in [2.05, 4.69) is 9.72 Å². The number of esters is 1. The van der Waals surface area contributed by atoms with E-state index in [9.17, 15) is 10.1 Å². The van der Waals surface area contributed by atoms with Crippen LogP contribution in [0, 0.1) is 11.3 Å². The number of aromatic nitrogens is 2. The molecule has 104 valence electrons. The molecule has 0 aliphatic rings. The van der Waals surface area contributed by atoms with Crippen LogP contribution in [0.5, 0.6) is 0 Å². The molecule has 0 fully saturated rings. The molecule has 0 radical (unpaired) electrons. The number of rotatable bonds is 2. The van der Waals surface area contributed by atoms with Crippen molar-refractivity contribution in [2.24, 2.45) is 0 Å². The lowest BCUT2D eigenvalue weighted by Crippen LogP contribution is -2.02. The zero-order valence-corrected chi connectivity index (χ0v) is 11.6. The van der Waals surface area contributed by atoms with Crippen molar-refractivity contribution in [3.8, 4) is 17.2 Å². The summed E-state index contributed by atoms with van der Waals surface area (Å²) in [6.07, 6.45) is 4.76. The number of halogens is 1. The van der Waals surface area contributed by atoms with Gasteiger partial charge in [-0.15, -0.1) is 0 Å². The van der Waals surface area contributed by atoms with Gasteiger partial charge in [0.15, 0.2) is 11.3 Å². The number of fused-ring (bicyclic) bond motifs is 1. The molecule has 0 bridgehead atoms. The predicted molar refractivity (Wildman–Crippen MR) is 74.0 cm³/mol. The van der Waals surface area contributed by atoms with Gasteiger partial charge in [-0.25, -0.2) is 9.78 Å². The topological polar surface area (TPSA) is 80.5 Å². The minimum Gasteiger partial charge on any atom is -0.472 e. The van der Waals surface area contributed by atoms with Gasteiger partial charge in [0.1, 0.15) is 11.2 Å². The fraction of sp³-hybridized carbons (Fsp3) is 0.0714. The number of furan rings is 1. The molecule has 0 amide bonds. The molecule has 0 aliphatic carbocycles. The Labute approximate surface area is 124 Å². The highest BCUT2D eigenvalue weighted by molar-refractivity contribution is 6.32. The minimum atomic E-state index is -0.655. The monoisotopic (exact) mass is 301 g/mol. The Balaban J connectivity index is 2.31. The van der Waals surface area contributed by atoms with E-state index in [1.807, 2.05) is 6.07 Å². The quantitative estimate of drug-likeness (QED) is 0.680. The zero-order chi connectivity index (χ0) is 15.0. The number of methoxy groups -OCH3 is 1. The van der Waals surface area contributed by atoms with Crippen molar-refractivity contribution in [3.63, 3.8) is 0 Å². The van der Waals surface area contributed by atoms with Crippen LogP contribution in [0.15, 0.2) is 35.3 Å². The van der Waals surface area contributed by atoms with Gasteiger partial charge in [-0.3, -0.25) is 4.40 Å². The average molecular weight is 302 g/mol. The SMILES string of the molecule is COC(=O)c1nc2c(C#N)cc(-c3ccoc3)cn2c1Cl. The first-order chi connectivity index (χ1) is 10.2. The molecule has 0 spiro atoms. The highest BCUT2D eigenvalue weighted by Gasteiger charge is 2.20. The molecule has 7 heteroatoms. The highest BCUT2D eigenvalue weighted by Crippen LogP contribution is 2.27. The molecule has 0 N–H and O–H groups in total. The lowest BCUT2D eigenvalue weighted by Gasteiger charge is -2.02. The van der Waals surface area contributed by atoms with Gasteiger partial charge in [0.25, 0.3) is 0 Å². The van der Waals surface area contributed by atoms with Crippen LogP contribution in [0.1, 0.15) is 16.1 Å². The molecule has 3 heterocycles. The van der Waals surface area contributed by atoms with Crippen molar-refractivity contribution in [1.29, 1.82) is 5.26 Å². The first-order valence-electron chi connectivity index (χ1n) is 5.88. The Morgan fingerprint density at radius 1 is 1.52 bits per heavy atom. The number of pyridine rings is 1. The van der Waals surface area contributed by atoms with Crippen LogP contribution in [0.3, 0.4) is 0 Å². The molecular weight excluding hydrogens is 294 g/mol. The zero-order valence-electron chi connectivity index (χ0n) is 10.8. The minimum absolute atomic E-state index is 0.0278. The van der Waals surface area contributed by atoms with E-state index in [0.29, 0.717) is 11.2 Å². The van der Waals surface area contributed by atoms with Gasteiger partial charge in [-0.2, -0.15) is 5.26 Å². The third-order valence-corrected chi connectivity index (χ3v) is 3.38. The second-order valence-electron chi connectivity index (χ2n) is 4.20. The Hall–Kier alpha value is -2.78. The summed E-state index contributed by atoms with van der Waals surface area (Å²) in [5.74, 6) is -0.655. The summed E-state index contributed by atoms with van der Waals surface area (Å²) in [5, 5.41) is 9.36. The van der Waals surface area contributed by atoms with Gasteiger partial charge in [0.2, 0.25) is 0 Å². The van der Waals surface area contributed by atoms with Crippen molar-refractivity contribution in [2.75, 3.05) is 7.11 Å². The van der Waals surface area contributed by atoms with E-state index < -0.39 is 5.97 Å². The Morgan fingerprint density at radius 3 is 2.95 bits per heavy atom. The van der Waals surface area contributed by atoms with Crippen molar-refractivity contribution in [2.45, 2.75) is 0 Å². The predicted octanol–water partition coefficient (Wildman–Crippen LogP) is 2.91. The van der Waals surface area contributed by atoms with Gasteiger partial charge in [0.05, 0.1) is 25.2 Å². The summed E-state index contributed by atoms with van der Waals surface area (Å²) in [6.45, 7) is 0. The fourth-order valence-electron chi connectivity index (χ4n) is 2.01. The number of carbonyl (C=O) groups excluding carboxylic acids is 1. The first kappa shape index (κ1) is 13.2. The summed E-state index contributed by atoms with van der Waals surface area (Å²) < 4.78 is 11.1. The third-order valence-electron chi connectivity index (χ3n) is 3.02. The third kappa shape index (κ3) is 2.04. The molecule has 3 aromatic rings. The van der Waals surface area contributed by atoms with Gasteiger partial charge in [-0.1, -0.05) is 11.6 Å². The van der Waals surface area contributed by atoms with Crippen molar-refractivity contribution in [1.82, 2.24) is 9.38 Å². The number of nitriles is 1. The molecule has 6 nitrogen and oxygen atoms in total. The number of hydrogen-bond donors (Lipinski definition) is 0. The summed E-state index contributed by atoms with van der Waals surface area (Å²) in [6, 6.07) is 5.46. The molecule has 0 saturated carbocycles.